The average Bonchev–Trinajstić information content (AvgIpc) is 3.60. The molecule has 1 aromatic heterocycles. The van der Waals surface area contributed by atoms with Crippen LogP contribution < -0.4 is 58.3 Å². The number of allylic oxidation sites excluding steroid dienone is 1. The molecule has 0 spiro atoms. The number of carbonyl (C=O) groups is 2. The standard InChI is InChI=1S/C27H22N2O8S.Na/c1-33-22-9-14(10-23(34-2)26(22)35-3)8-17(25(30)16-5-7-20-21(12-16)37-13-36-20)24(27(31)32)15-4-6-18-19(11-15)29-38-28-18;/h4-7,9-12H,8,13H2,1-3H3,(H,31,32);/q;+1/p-1. The van der Waals surface area contributed by atoms with Crippen molar-refractivity contribution in [3.8, 4) is 28.7 Å². The summed E-state index contributed by atoms with van der Waals surface area (Å²) in [5, 5.41) is 12.6. The van der Waals surface area contributed by atoms with E-state index in [1.165, 1.54) is 27.4 Å². The van der Waals surface area contributed by atoms with Gasteiger partial charge in [0.25, 0.3) is 0 Å². The van der Waals surface area contributed by atoms with Gasteiger partial charge in [-0.25, -0.2) is 0 Å². The molecule has 5 rings (SSSR count). The predicted octanol–water partition coefficient (Wildman–Crippen LogP) is 0.0789. The number of hydrogen-bond acceptors (Lipinski definition) is 11. The molecule has 39 heavy (non-hydrogen) atoms. The van der Waals surface area contributed by atoms with E-state index < -0.39 is 11.8 Å². The molecule has 0 fully saturated rings. The predicted molar refractivity (Wildman–Crippen MR) is 136 cm³/mol. The van der Waals surface area contributed by atoms with E-state index in [9.17, 15) is 14.7 Å². The van der Waals surface area contributed by atoms with Gasteiger partial charge in [-0.05, 0) is 53.6 Å². The Balaban J connectivity index is 0.00000353. The molecule has 10 nitrogen and oxygen atoms in total. The molecule has 0 unspecified atom stereocenters. The summed E-state index contributed by atoms with van der Waals surface area (Å²) >= 11 is 1.01. The number of carbonyl (C=O) groups excluding carboxylic acids is 2. The molecule has 0 saturated heterocycles. The molecule has 194 valence electrons. The second-order valence-electron chi connectivity index (χ2n) is 8.22. The Kier molecular flexibility index (Phi) is 8.76. The first kappa shape index (κ1) is 28.4. The van der Waals surface area contributed by atoms with E-state index in [4.69, 9.17) is 23.7 Å². The third-order valence-electron chi connectivity index (χ3n) is 6.06. The van der Waals surface area contributed by atoms with Crippen LogP contribution in [0.1, 0.15) is 21.5 Å². The second kappa shape index (κ2) is 12.0. The molecule has 0 bridgehead atoms. The zero-order valence-electron chi connectivity index (χ0n) is 21.6. The minimum absolute atomic E-state index is 0. The Bertz CT molecular complexity index is 1570. The molecule has 12 heteroatoms. The molecule has 0 atom stereocenters. The fraction of sp³-hybridized carbons (Fsp3) is 0.185. The fourth-order valence-corrected chi connectivity index (χ4v) is 4.81. The van der Waals surface area contributed by atoms with Gasteiger partial charge in [-0.15, -0.1) is 0 Å². The van der Waals surface area contributed by atoms with E-state index in [0.29, 0.717) is 45.3 Å². The van der Waals surface area contributed by atoms with Crippen LogP contribution in [0.15, 0.2) is 54.1 Å². The molecule has 0 saturated carbocycles. The number of ketones is 1. The SMILES string of the molecule is COc1cc(CC(C(=O)c2ccc3c(c2)OCO3)=C(C(=O)[O-])c2ccc3nsnc3c2)cc(OC)c1OC.[Na+]. The van der Waals surface area contributed by atoms with Crippen molar-refractivity contribution in [2.75, 3.05) is 28.1 Å². The summed E-state index contributed by atoms with van der Waals surface area (Å²) in [4.78, 5) is 26.6. The topological polar surface area (TPSA) is 129 Å². The second-order valence-corrected chi connectivity index (χ2v) is 8.74. The molecule has 1 aliphatic heterocycles. The number of rotatable bonds is 9. The van der Waals surface area contributed by atoms with Crippen molar-refractivity contribution in [1.82, 2.24) is 8.75 Å². The first-order valence-corrected chi connectivity index (χ1v) is 12.1. The van der Waals surface area contributed by atoms with Gasteiger partial charge in [0.2, 0.25) is 12.5 Å². The van der Waals surface area contributed by atoms with Crippen molar-refractivity contribution in [2.24, 2.45) is 0 Å². The van der Waals surface area contributed by atoms with Crippen molar-refractivity contribution >= 4 is 40.1 Å². The maximum Gasteiger partial charge on any atom is 1.00 e. The van der Waals surface area contributed by atoms with E-state index in [0.717, 1.165) is 11.7 Å². The molecule has 0 radical (unpaired) electrons. The smallest absolute Gasteiger partial charge is 0.545 e. The number of aromatic nitrogens is 2. The summed E-state index contributed by atoms with van der Waals surface area (Å²) in [6.45, 7) is 0.0348. The fourth-order valence-electron chi connectivity index (χ4n) is 4.29. The number of benzene rings is 3. The molecule has 0 amide bonds. The molecular formula is C27H21N2NaO8S. The van der Waals surface area contributed by atoms with Crippen LogP contribution in [0.4, 0.5) is 0 Å². The molecular weight excluding hydrogens is 535 g/mol. The maximum atomic E-state index is 14.0. The zero-order valence-corrected chi connectivity index (χ0v) is 24.4. The first-order valence-electron chi connectivity index (χ1n) is 11.3. The summed E-state index contributed by atoms with van der Waals surface area (Å²) in [5.74, 6) is -0.0422. The van der Waals surface area contributed by atoms with Crippen molar-refractivity contribution in [3.63, 3.8) is 0 Å². The van der Waals surface area contributed by atoms with E-state index >= 15 is 0 Å². The van der Waals surface area contributed by atoms with E-state index in [1.54, 1.807) is 42.5 Å². The van der Waals surface area contributed by atoms with Crippen LogP contribution >= 0.6 is 11.7 Å². The quantitative estimate of drug-likeness (QED) is 0.159. The van der Waals surface area contributed by atoms with Gasteiger partial charge in [-0.2, -0.15) is 8.75 Å². The molecule has 4 aromatic rings. The van der Waals surface area contributed by atoms with Gasteiger partial charge < -0.3 is 33.6 Å². The minimum atomic E-state index is -1.51. The van der Waals surface area contributed by atoms with Gasteiger partial charge in [-0.1, -0.05) is 6.07 Å². The van der Waals surface area contributed by atoms with Gasteiger partial charge >= 0.3 is 29.6 Å². The van der Waals surface area contributed by atoms with Gasteiger partial charge in [0.1, 0.15) is 11.0 Å². The minimum Gasteiger partial charge on any atom is -0.545 e. The summed E-state index contributed by atoms with van der Waals surface area (Å²) in [5.41, 5.74) is 1.89. The zero-order chi connectivity index (χ0) is 26.8. The Hall–Kier alpha value is -3.64. The monoisotopic (exact) mass is 556 g/mol. The van der Waals surface area contributed by atoms with Gasteiger partial charge in [-0.3, -0.25) is 4.79 Å². The van der Waals surface area contributed by atoms with Crippen LogP contribution in [0.25, 0.3) is 16.6 Å². The Morgan fingerprint density at radius 1 is 0.872 bits per heavy atom. The van der Waals surface area contributed by atoms with Crippen LogP contribution in [0, 0.1) is 0 Å². The number of ether oxygens (including phenoxy) is 5. The Labute approximate surface area is 249 Å². The number of nitrogens with zero attached hydrogens (tertiary/aromatic N) is 2. The number of fused-ring (bicyclic) bond motifs is 2. The van der Waals surface area contributed by atoms with Crippen molar-refractivity contribution in [2.45, 2.75) is 6.42 Å². The summed E-state index contributed by atoms with van der Waals surface area (Å²) < 4.78 is 35.4. The summed E-state index contributed by atoms with van der Waals surface area (Å²) in [6.07, 6.45) is -0.0827. The van der Waals surface area contributed by atoms with E-state index in [-0.39, 0.29) is 65.0 Å². The molecule has 1 aliphatic rings. The molecule has 0 aliphatic carbocycles. The average molecular weight is 557 g/mol. The van der Waals surface area contributed by atoms with Gasteiger partial charge in [0, 0.05) is 23.1 Å². The van der Waals surface area contributed by atoms with Crippen LogP contribution in [0.3, 0.4) is 0 Å². The molecule has 2 heterocycles. The third kappa shape index (κ3) is 5.57. The van der Waals surface area contributed by atoms with Crippen molar-refractivity contribution in [1.29, 1.82) is 0 Å². The largest absolute Gasteiger partial charge is 1.00 e. The Morgan fingerprint density at radius 2 is 1.54 bits per heavy atom. The van der Waals surface area contributed by atoms with E-state index in [2.05, 4.69) is 8.75 Å². The van der Waals surface area contributed by atoms with Crippen LogP contribution in [0.2, 0.25) is 0 Å². The maximum absolute atomic E-state index is 14.0. The van der Waals surface area contributed by atoms with Crippen molar-refractivity contribution in [3.05, 3.63) is 70.8 Å². The molecule has 3 aromatic carbocycles. The normalized spacial score (nSPS) is 12.4. The number of Topliss-reactive ketones (excluding diaryl/α,β-unsaturated/α-hetero) is 1. The van der Waals surface area contributed by atoms with Crippen LogP contribution in [0.5, 0.6) is 28.7 Å². The number of methoxy groups -OCH3 is 3. The third-order valence-corrected chi connectivity index (χ3v) is 6.62. The van der Waals surface area contributed by atoms with Crippen LogP contribution in [-0.4, -0.2) is 48.6 Å². The van der Waals surface area contributed by atoms with Gasteiger partial charge in [0.05, 0.1) is 39.0 Å². The number of carboxylic acid groups (broad SMARTS) is 1. The number of aliphatic carboxylic acids is 1. The Morgan fingerprint density at radius 3 is 2.21 bits per heavy atom. The molecule has 0 N–H and O–H groups in total. The van der Waals surface area contributed by atoms with Crippen molar-refractivity contribution < 1.29 is 67.9 Å². The first-order chi connectivity index (χ1) is 18.4. The van der Waals surface area contributed by atoms with Crippen LogP contribution in [-0.2, 0) is 11.2 Å². The summed E-state index contributed by atoms with van der Waals surface area (Å²) in [6, 6.07) is 12.8. The summed E-state index contributed by atoms with van der Waals surface area (Å²) in [7, 11) is 4.42. The van der Waals surface area contributed by atoms with E-state index in [1.807, 2.05) is 0 Å². The number of hydrogen-bond donors (Lipinski definition) is 0. The number of carboxylic acids is 1. The van der Waals surface area contributed by atoms with Gasteiger partial charge in [0.15, 0.2) is 28.8 Å².